The summed E-state index contributed by atoms with van der Waals surface area (Å²) in [7, 11) is 0. The lowest BCUT2D eigenvalue weighted by molar-refractivity contribution is 0.347. The van der Waals surface area contributed by atoms with Crippen LogP contribution in [0.15, 0.2) is 29.2 Å². The van der Waals surface area contributed by atoms with E-state index in [1.54, 1.807) is 0 Å². The molecule has 70 valence electrons. The monoisotopic (exact) mass is 177 g/mol. The van der Waals surface area contributed by atoms with Crippen LogP contribution in [0.4, 0.5) is 0 Å². The number of hydrogen-bond donors (Lipinski definition) is 0. The van der Waals surface area contributed by atoms with Crippen molar-refractivity contribution in [3.63, 3.8) is 0 Å². The third kappa shape index (κ3) is 2.00. The van der Waals surface area contributed by atoms with Crippen molar-refractivity contribution >= 4 is 5.71 Å². The van der Waals surface area contributed by atoms with E-state index in [4.69, 9.17) is 4.74 Å². The van der Waals surface area contributed by atoms with Crippen molar-refractivity contribution in [3.8, 4) is 0 Å². The summed E-state index contributed by atoms with van der Waals surface area (Å²) in [6.07, 6.45) is 7.93. The van der Waals surface area contributed by atoms with Crippen molar-refractivity contribution in [2.45, 2.75) is 32.1 Å². The van der Waals surface area contributed by atoms with Crippen molar-refractivity contribution in [1.82, 2.24) is 0 Å². The van der Waals surface area contributed by atoms with Crippen LogP contribution in [0.25, 0.3) is 0 Å². The lowest BCUT2D eigenvalue weighted by Gasteiger charge is -2.02. The Hall–Kier alpha value is -1.05. The number of allylic oxidation sites excluding steroid dienone is 1. The lowest BCUT2D eigenvalue weighted by atomic mass is 10.1. The molecule has 1 aliphatic heterocycles. The SMILES string of the molecule is C=C1CN=C2CCCCCC2=CO1. The molecule has 2 heteroatoms. The number of ether oxygens (including phenoxy) is 1. The molecule has 0 unspecified atom stereocenters. The molecule has 0 aromatic rings. The van der Waals surface area contributed by atoms with E-state index in [-0.39, 0.29) is 0 Å². The van der Waals surface area contributed by atoms with Gasteiger partial charge in [0.25, 0.3) is 0 Å². The molecule has 0 N–H and O–H groups in total. The fraction of sp³-hybridized carbons (Fsp3) is 0.545. The summed E-state index contributed by atoms with van der Waals surface area (Å²) in [5, 5.41) is 0. The Balaban J connectivity index is 2.22. The normalized spacial score (nSPS) is 23.2. The number of aliphatic imine (C=N–C) groups is 1. The fourth-order valence-electron chi connectivity index (χ4n) is 1.77. The highest BCUT2D eigenvalue weighted by Crippen LogP contribution is 2.22. The Labute approximate surface area is 79.0 Å². The zero-order chi connectivity index (χ0) is 9.10. The molecule has 0 aromatic heterocycles. The van der Waals surface area contributed by atoms with Gasteiger partial charge in [-0.1, -0.05) is 13.0 Å². The van der Waals surface area contributed by atoms with Gasteiger partial charge in [-0.05, 0) is 25.7 Å². The van der Waals surface area contributed by atoms with Crippen LogP contribution in [0, 0.1) is 0 Å². The second-order valence-electron chi connectivity index (χ2n) is 3.62. The van der Waals surface area contributed by atoms with E-state index in [1.807, 2.05) is 6.26 Å². The maximum Gasteiger partial charge on any atom is 0.117 e. The zero-order valence-corrected chi connectivity index (χ0v) is 7.88. The van der Waals surface area contributed by atoms with Gasteiger partial charge in [-0.2, -0.15) is 0 Å². The van der Waals surface area contributed by atoms with Gasteiger partial charge >= 0.3 is 0 Å². The molecule has 13 heavy (non-hydrogen) atoms. The molecule has 0 radical (unpaired) electrons. The zero-order valence-electron chi connectivity index (χ0n) is 7.88. The molecule has 2 rings (SSSR count). The quantitative estimate of drug-likeness (QED) is 0.557. The van der Waals surface area contributed by atoms with E-state index in [0.29, 0.717) is 6.54 Å². The van der Waals surface area contributed by atoms with E-state index < -0.39 is 0 Å². The second-order valence-corrected chi connectivity index (χ2v) is 3.62. The Morgan fingerprint density at radius 3 is 3.00 bits per heavy atom. The summed E-state index contributed by atoms with van der Waals surface area (Å²) in [6, 6.07) is 0. The highest BCUT2D eigenvalue weighted by Gasteiger charge is 2.14. The van der Waals surface area contributed by atoms with Crippen molar-refractivity contribution < 1.29 is 4.74 Å². The summed E-state index contributed by atoms with van der Waals surface area (Å²) in [6.45, 7) is 4.42. The topological polar surface area (TPSA) is 21.6 Å². The first-order valence-electron chi connectivity index (χ1n) is 4.93. The van der Waals surface area contributed by atoms with Crippen LogP contribution in [0.2, 0.25) is 0 Å². The molecular formula is C11H15NO. The molecule has 0 spiro atoms. The molecule has 1 fully saturated rings. The Morgan fingerprint density at radius 1 is 1.23 bits per heavy atom. The van der Waals surface area contributed by atoms with Gasteiger partial charge in [-0.25, -0.2) is 0 Å². The van der Waals surface area contributed by atoms with Crippen LogP contribution < -0.4 is 0 Å². The maximum atomic E-state index is 5.36. The van der Waals surface area contributed by atoms with Crippen LogP contribution in [-0.4, -0.2) is 12.3 Å². The molecular weight excluding hydrogens is 162 g/mol. The second kappa shape index (κ2) is 3.77. The van der Waals surface area contributed by atoms with Crippen molar-refractivity contribution in [1.29, 1.82) is 0 Å². The average molecular weight is 177 g/mol. The smallest absolute Gasteiger partial charge is 0.117 e. The lowest BCUT2D eigenvalue weighted by Crippen LogP contribution is -2.00. The van der Waals surface area contributed by atoms with Gasteiger partial charge < -0.3 is 4.74 Å². The third-order valence-corrected chi connectivity index (χ3v) is 2.54. The number of nitrogens with zero attached hydrogens (tertiary/aromatic N) is 1. The predicted octanol–water partition coefficient (Wildman–Crippen LogP) is 2.82. The molecule has 2 nitrogen and oxygen atoms in total. The fourth-order valence-corrected chi connectivity index (χ4v) is 1.77. The minimum atomic E-state index is 0.634. The van der Waals surface area contributed by atoms with Crippen molar-refractivity contribution in [2.24, 2.45) is 4.99 Å². The third-order valence-electron chi connectivity index (χ3n) is 2.54. The van der Waals surface area contributed by atoms with E-state index in [2.05, 4.69) is 11.6 Å². The van der Waals surface area contributed by atoms with E-state index >= 15 is 0 Å². The van der Waals surface area contributed by atoms with Gasteiger partial charge in [0.2, 0.25) is 0 Å². The summed E-state index contributed by atoms with van der Waals surface area (Å²) in [5.41, 5.74) is 2.53. The molecule has 0 bridgehead atoms. The van der Waals surface area contributed by atoms with E-state index in [1.165, 1.54) is 30.5 Å². The molecule has 1 saturated carbocycles. The van der Waals surface area contributed by atoms with Crippen LogP contribution >= 0.6 is 0 Å². The predicted molar refractivity (Wildman–Crippen MR) is 53.7 cm³/mol. The standard InChI is InChI=1S/C11H15NO/c1-9-7-12-11-6-4-2-3-5-10(11)8-13-9/h8H,1-7H2. The summed E-state index contributed by atoms with van der Waals surface area (Å²) >= 11 is 0. The Bertz CT molecular complexity index is 250. The van der Waals surface area contributed by atoms with Crippen molar-refractivity contribution in [3.05, 3.63) is 24.2 Å². The first kappa shape index (κ1) is 8.54. The van der Waals surface area contributed by atoms with Gasteiger partial charge in [0.15, 0.2) is 0 Å². The molecule has 0 aromatic carbocycles. The van der Waals surface area contributed by atoms with Gasteiger partial charge in [0.05, 0.1) is 12.8 Å². The molecule has 2 aliphatic rings. The van der Waals surface area contributed by atoms with Gasteiger partial charge in [-0.3, -0.25) is 4.99 Å². The first-order chi connectivity index (χ1) is 6.36. The van der Waals surface area contributed by atoms with E-state index in [9.17, 15) is 0 Å². The highest BCUT2D eigenvalue weighted by molar-refractivity contribution is 6.00. The van der Waals surface area contributed by atoms with Gasteiger partial charge in [0.1, 0.15) is 5.76 Å². The molecule has 0 amide bonds. The average Bonchev–Trinajstić information content (AvgIpc) is 2.43. The number of fused-ring (bicyclic) bond motifs is 1. The summed E-state index contributed by atoms with van der Waals surface area (Å²) in [5.74, 6) is 0.757. The van der Waals surface area contributed by atoms with Crippen LogP contribution in [0.3, 0.4) is 0 Å². The van der Waals surface area contributed by atoms with Crippen molar-refractivity contribution in [2.75, 3.05) is 6.54 Å². The van der Waals surface area contributed by atoms with Crippen LogP contribution in [0.5, 0.6) is 0 Å². The largest absolute Gasteiger partial charge is 0.468 e. The summed E-state index contributed by atoms with van der Waals surface area (Å²) < 4.78 is 5.36. The van der Waals surface area contributed by atoms with Crippen LogP contribution in [-0.2, 0) is 4.74 Å². The van der Waals surface area contributed by atoms with Crippen LogP contribution in [0.1, 0.15) is 32.1 Å². The summed E-state index contributed by atoms with van der Waals surface area (Å²) in [4.78, 5) is 4.51. The molecule has 1 heterocycles. The Kier molecular flexibility index (Phi) is 2.48. The van der Waals surface area contributed by atoms with Gasteiger partial charge in [-0.15, -0.1) is 0 Å². The number of rotatable bonds is 0. The minimum absolute atomic E-state index is 0.634. The number of hydrogen-bond acceptors (Lipinski definition) is 2. The minimum Gasteiger partial charge on any atom is -0.468 e. The maximum absolute atomic E-state index is 5.36. The van der Waals surface area contributed by atoms with Gasteiger partial charge in [0, 0.05) is 11.3 Å². The first-order valence-corrected chi connectivity index (χ1v) is 4.93. The highest BCUT2D eigenvalue weighted by atomic mass is 16.5. The molecule has 1 aliphatic carbocycles. The Morgan fingerprint density at radius 2 is 2.08 bits per heavy atom. The molecule has 0 saturated heterocycles. The van der Waals surface area contributed by atoms with E-state index in [0.717, 1.165) is 18.6 Å². The molecule has 0 atom stereocenters.